The Morgan fingerprint density at radius 2 is 2.17 bits per heavy atom. The van der Waals surface area contributed by atoms with Crippen molar-refractivity contribution >= 4 is 28.8 Å². The van der Waals surface area contributed by atoms with Crippen molar-refractivity contribution in [1.82, 2.24) is 9.97 Å². The van der Waals surface area contributed by atoms with E-state index < -0.39 is 0 Å². The lowest BCUT2D eigenvalue weighted by Gasteiger charge is -2.01. The molecule has 1 aromatic carbocycles. The number of amides is 1. The largest absolute Gasteiger partial charge is 0.440 e. The molecule has 23 heavy (non-hydrogen) atoms. The van der Waals surface area contributed by atoms with Crippen molar-refractivity contribution in [2.24, 2.45) is 0 Å². The molecular weight excluding hydrogens is 290 g/mol. The van der Waals surface area contributed by atoms with E-state index in [1.165, 1.54) is 6.08 Å². The van der Waals surface area contributed by atoms with Gasteiger partial charge in [-0.05, 0) is 35.9 Å². The molecule has 0 unspecified atom stereocenters. The first-order valence-corrected chi connectivity index (χ1v) is 7.41. The molecule has 0 aliphatic carbocycles. The number of hydrogen-bond acceptors (Lipinski definition) is 4. The Hall–Kier alpha value is -2.95. The van der Waals surface area contributed by atoms with Gasteiger partial charge in [0.15, 0.2) is 11.5 Å². The molecule has 2 aromatic heterocycles. The van der Waals surface area contributed by atoms with Crippen molar-refractivity contribution < 1.29 is 9.21 Å². The number of aromatic nitrogens is 2. The molecule has 0 spiro atoms. The van der Waals surface area contributed by atoms with Gasteiger partial charge in [0.25, 0.3) is 0 Å². The zero-order valence-electron chi connectivity index (χ0n) is 13.0. The molecule has 0 atom stereocenters. The lowest BCUT2D eigenvalue weighted by atomic mass is 10.2. The number of rotatable bonds is 4. The molecule has 1 N–H and O–H groups in total. The van der Waals surface area contributed by atoms with Gasteiger partial charge in [0.1, 0.15) is 5.52 Å². The van der Waals surface area contributed by atoms with Gasteiger partial charge in [0, 0.05) is 30.1 Å². The lowest BCUT2D eigenvalue weighted by molar-refractivity contribution is -0.111. The predicted molar refractivity (Wildman–Crippen MR) is 90.0 cm³/mol. The van der Waals surface area contributed by atoms with Crippen molar-refractivity contribution in [3.8, 4) is 0 Å². The highest BCUT2D eigenvalue weighted by atomic mass is 16.3. The average molecular weight is 307 g/mol. The van der Waals surface area contributed by atoms with E-state index >= 15 is 0 Å². The Bertz CT molecular complexity index is 851. The van der Waals surface area contributed by atoms with Crippen LogP contribution in [0.25, 0.3) is 17.2 Å². The van der Waals surface area contributed by atoms with E-state index in [0.717, 1.165) is 16.7 Å². The van der Waals surface area contributed by atoms with Gasteiger partial charge in [-0.3, -0.25) is 9.78 Å². The standard InChI is InChI=1S/C18H17N3O2/c1-12(2)18-21-15-10-14(6-7-16(15)23-18)20-17(22)8-5-13-4-3-9-19-11-13/h3-12H,1-2H3,(H,20,22)/b8-5+. The van der Waals surface area contributed by atoms with Gasteiger partial charge in [-0.2, -0.15) is 0 Å². The molecule has 3 aromatic rings. The summed E-state index contributed by atoms with van der Waals surface area (Å²) in [5.41, 5.74) is 3.01. The molecule has 5 heteroatoms. The summed E-state index contributed by atoms with van der Waals surface area (Å²) in [6, 6.07) is 9.12. The van der Waals surface area contributed by atoms with Gasteiger partial charge in [0.05, 0.1) is 0 Å². The minimum absolute atomic E-state index is 0.208. The van der Waals surface area contributed by atoms with Crippen LogP contribution in [0, 0.1) is 0 Å². The molecule has 116 valence electrons. The van der Waals surface area contributed by atoms with Gasteiger partial charge in [-0.25, -0.2) is 4.98 Å². The minimum Gasteiger partial charge on any atom is -0.440 e. The maximum atomic E-state index is 12.0. The second-order valence-corrected chi connectivity index (χ2v) is 5.50. The van der Waals surface area contributed by atoms with Crippen LogP contribution in [0.15, 0.2) is 53.2 Å². The maximum absolute atomic E-state index is 12.0. The van der Waals surface area contributed by atoms with Gasteiger partial charge < -0.3 is 9.73 Å². The van der Waals surface area contributed by atoms with Crippen LogP contribution >= 0.6 is 0 Å². The van der Waals surface area contributed by atoms with Crippen molar-refractivity contribution in [3.63, 3.8) is 0 Å². The quantitative estimate of drug-likeness (QED) is 0.740. The second kappa shape index (κ2) is 6.44. The topological polar surface area (TPSA) is 68.0 Å². The zero-order chi connectivity index (χ0) is 16.2. The summed E-state index contributed by atoms with van der Waals surface area (Å²) in [5, 5.41) is 2.81. The number of nitrogens with zero attached hydrogens (tertiary/aromatic N) is 2. The number of hydrogen-bond donors (Lipinski definition) is 1. The number of pyridine rings is 1. The molecule has 0 aliphatic heterocycles. The monoisotopic (exact) mass is 307 g/mol. The summed E-state index contributed by atoms with van der Waals surface area (Å²) >= 11 is 0. The van der Waals surface area contributed by atoms with Gasteiger partial charge in [-0.15, -0.1) is 0 Å². The number of oxazole rings is 1. The second-order valence-electron chi connectivity index (χ2n) is 5.50. The zero-order valence-corrected chi connectivity index (χ0v) is 13.0. The van der Waals surface area contributed by atoms with Crippen LogP contribution in [0.3, 0.4) is 0 Å². The van der Waals surface area contributed by atoms with Crippen LogP contribution < -0.4 is 5.32 Å². The molecule has 0 bridgehead atoms. The summed E-state index contributed by atoms with van der Waals surface area (Å²) in [6.45, 7) is 4.05. The van der Waals surface area contributed by atoms with Gasteiger partial charge in [-0.1, -0.05) is 19.9 Å². The van der Waals surface area contributed by atoms with Crippen molar-refractivity contribution in [1.29, 1.82) is 0 Å². The molecule has 0 radical (unpaired) electrons. The third-order valence-electron chi connectivity index (χ3n) is 3.28. The number of carbonyl (C=O) groups excluding carboxylic acids is 1. The van der Waals surface area contributed by atoms with Gasteiger partial charge in [0.2, 0.25) is 5.91 Å². The normalized spacial score (nSPS) is 11.4. The predicted octanol–water partition coefficient (Wildman–Crippen LogP) is 4.00. The highest BCUT2D eigenvalue weighted by molar-refractivity contribution is 6.02. The van der Waals surface area contributed by atoms with E-state index in [1.54, 1.807) is 30.6 Å². The summed E-state index contributed by atoms with van der Waals surface area (Å²) in [4.78, 5) is 20.4. The Kier molecular flexibility index (Phi) is 4.19. The third-order valence-corrected chi connectivity index (χ3v) is 3.28. The fourth-order valence-corrected chi connectivity index (χ4v) is 2.10. The van der Waals surface area contributed by atoms with Crippen molar-refractivity contribution in [2.75, 3.05) is 5.32 Å². The minimum atomic E-state index is -0.208. The first kappa shape index (κ1) is 15.0. The molecule has 0 aliphatic rings. The van der Waals surface area contributed by atoms with Crippen LogP contribution in [0.5, 0.6) is 0 Å². The Morgan fingerprint density at radius 1 is 1.30 bits per heavy atom. The third kappa shape index (κ3) is 3.63. The smallest absolute Gasteiger partial charge is 0.248 e. The lowest BCUT2D eigenvalue weighted by Crippen LogP contribution is -2.07. The Labute approximate surface area is 134 Å². The molecule has 0 saturated carbocycles. The van der Waals surface area contributed by atoms with Crippen LogP contribution in [0.2, 0.25) is 0 Å². The van der Waals surface area contributed by atoms with E-state index in [9.17, 15) is 4.79 Å². The van der Waals surface area contributed by atoms with E-state index in [0.29, 0.717) is 11.6 Å². The number of fused-ring (bicyclic) bond motifs is 1. The number of carbonyl (C=O) groups is 1. The molecule has 0 saturated heterocycles. The van der Waals surface area contributed by atoms with E-state index in [4.69, 9.17) is 4.42 Å². The first-order chi connectivity index (χ1) is 11.1. The summed E-state index contributed by atoms with van der Waals surface area (Å²) < 4.78 is 5.65. The fraction of sp³-hybridized carbons (Fsp3) is 0.167. The molecule has 3 rings (SSSR count). The van der Waals surface area contributed by atoms with Crippen molar-refractivity contribution in [3.05, 3.63) is 60.3 Å². The summed E-state index contributed by atoms with van der Waals surface area (Å²) in [7, 11) is 0. The highest BCUT2D eigenvalue weighted by Crippen LogP contribution is 2.23. The fourth-order valence-electron chi connectivity index (χ4n) is 2.10. The van der Waals surface area contributed by atoms with Crippen LogP contribution in [0.4, 0.5) is 5.69 Å². The maximum Gasteiger partial charge on any atom is 0.248 e. The summed E-state index contributed by atoms with van der Waals surface area (Å²) in [6.07, 6.45) is 6.58. The SMILES string of the molecule is CC(C)c1nc2cc(NC(=O)/C=C/c3cccnc3)ccc2o1. The van der Waals surface area contributed by atoms with E-state index in [-0.39, 0.29) is 11.8 Å². The van der Waals surface area contributed by atoms with Crippen molar-refractivity contribution in [2.45, 2.75) is 19.8 Å². The number of nitrogens with one attached hydrogen (secondary N) is 1. The number of benzene rings is 1. The van der Waals surface area contributed by atoms with Crippen LogP contribution in [-0.4, -0.2) is 15.9 Å². The highest BCUT2D eigenvalue weighted by Gasteiger charge is 2.10. The average Bonchev–Trinajstić information content (AvgIpc) is 2.97. The van der Waals surface area contributed by atoms with Crippen LogP contribution in [0.1, 0.15) is 31.2 Å². The number of anilines is 1. The van der Waals surface area contributed by atoms with E-state index in [1.807, 2.05) is 32.0 Å². The molecular formula is C18H17N3O2. The molecule has 5 nitrogen and oxygen atoms in total. The van der Waals surface area contributed by atoms with E-state index in [2.05, 4.69) is 15.3 Å². The molecule has 1 amide bonds. The van der Waals surface area contributed by atoms with Gasteiger partial charge >= 0.3 is 0 Å². The van der Waals surface area contributed by atoms with Crippen LogP contribution in [-0.2, 0) is 4.79 Å². The Morgan fingerprint density at radius 3 is 2.91 bits per heavy atom. The first-order valence-electron chi connectivity index (χ1n) is 7.41. The molecule has 0 fully saturated rings. The summed E-state index contributed by atoms with van der Waals surface area (Å²) in [5.74, 6) is 0.712. The Balaban J connectivity index is 1.73. The molecule has 2 heterocycles.